The van der Waals surface area contributed by atoms with Crippen LogP contribution in [0.25, 0.3) is 10.2 Å². The van der Waals surface area contributed by atoms with Crippen molar-refractivity contribution in [2.24, 2.45) is 10.9 Å². The third-order valence-electron chi connectivity index (χ3n) is 5.17. The Labute approximate surface area is 133 Å². The van der Waals surface area contributed by atoms with Crippen LogP contribution in [0.4, 0.5) is 5.13 Å². The lowest BCUT2D eigenvalue weighted by Gasteiger charge is -2.49. The maximum absolute atomic E-state index is 6.03. The summed E-state index contributed by atoms with van der Waals surface area (Å²) in [5, 5.41) is 0.811. The summed E-state index contributed by atoms with van der Waals surface area (Å²) in [6, 6.07) is 8.17. The van der Waals surface area contributed by atoms with E-state index in [1.165, 1.54) is 30.6 Å². The fourth-order valence-electron chi connectivity index (χ4n) is 4.04. The number of hydroxylamine groups is 1. The van der Waals surface area contributed by atoms with Crippen LogP contribution in [-0.2, 0) is 4.84 Å². The molecular weight excluding hydrogens is 296 g/mol. The number of amidine groups is 1. The van der Waals surface area contributed by atoms with Crippen LogP contribution in [0.5, 0.6) is 0 Å². The van der Waals surface area contributed by atoms with E-state index in [4.69, 9.17) is 9.83 Å². The molecule has 1 spiro atoms. The van der Waals surface area contributed by atoms with Gasteiger partial charge < -0.3 is 4.90 Å². The Morgan fingerprint density at radius 2 is 2.18 bits per heavy atom. The van der Waals surface area contributed by atoms with Crippen LogP contribution in [0.15, 0.2) is 29.3 Å². The standard InChI is InChI=1S/C16H18N4OS/c1-2-4-13-12(3-1)17-15(22-13)18-14-9-16(21-19-14)10-20-7-5-11(16)6-8-20/h1-4,11H,5-10H2,(H,17,18,19). The molecule has 2 bridgehead atoms. The predicted molar refractivity (Wildman–Crippen MR) is 87.4 cm³/mol. The number of thiazole rings is 1. The van der Waals surface area contributed by atoms with Crippen molar-refractivity contribution in [3.8, 4) is 0 Å². The van der Waals surface area contributed by atoms with Gasteiger partial charge in [0, 0.05) is 13.0 Å². The topological polar surface area (TPSA) is 49.8 Å². The largest absolute Gasteiger partial charge is 0.300 e. The molecule has 4 aliphatic heterocycles. The first kappa shape index (κ1) is 13.0. The Hall–Kier alpha value is -1.50. The van der Waals surface area contributed by atoms with Gasteiger partial charge in [0.15, 0.2) is 0 Å². The molecule has 0 amide bonds. The fraction of sp³-hybridized carbons (Fsp3) is 0.500. The van der Waals surface area contributed by atoms with Crippen molar-refractivity contribution in [2.75, 3.05) is 19.6 Å². The van der Waals surface area contributed by atoms with Gasteiger partial charge in [-0.1, -0.05) is 23.5 Å². The van der Waals surface area contributed by atoms with Gasteiger partial charge in [-0.15, -0.1) is 0 Å². The number of hydrogen-bond acceptors (Lipinski definition) is 5. The first-order valence-electron chi connectivity index (χ1n) is 7.90. The van der Waals surface area contributed by atoms with E-state index in [0.717, 1.165) is 29.4 Å². The van der Waals surface area contributed by atoms with E-state index < -0.39 is 0 Å². The van der Waals surface area contributed by atoms with Crippen molar-refractivity contribution in [1.82, 2.24) is 15.4 Å². The van der Waals surface area contributed by atoms with Gasteiger partial charge in [-0.3, -0.25) is 10.3 Å². The SMILES string of the molecule is c1ccc2sc(/N=C3/CC4(CN5CCC4CC5)ON3)nc2c1. The van der Waals surface area contributed by atoms with Crippen LogP contribution in [0.3, 0.4) is 0 Å². The highest BCUT2D eigenvalue weighted by Crippen LogP contribution is 2.42. The first-order valence-corrected chi connectivity index (χ1v) is 8.72. The lowest BCUT2D eigenvalue weighted by molar-refractivity contribution is -0.150. The van der Waals surface area contributed by atoms with Gasteiger partial charge in [-0.2, -0.15) is 0 Å². The number of para-hydroxylation sites is 1. The molecule has 0 aliphatic carbocycles. The summed E-state index contributed by atoms with van der Waals surface area (Å²) >= 11 is 1.63. The molecular formula is C16H18N4OS. The second-order valence-corrected chi connectivity index (χ2v) is 7.53. The van der Waals surface area contributed by atoms with Crippen molar-refractivity contribution in [3.63, 3.8) is 0 Å². The van der Waals surface area contributed by atoms with Crippen LogP contribution in [0, 0.1) is 5.92 Å². The number of benzene rings is 1. The fourth-order valence-corrected chi connectivity index (χ4v) is 4.90. The van der Waals surface area contributed by atoms with E-state index >= 15 is 0 Å². The van der Waals surface area contributed by atoms with E-state index in [0.29, 0.717) is 5.92 Å². The summed E-state index contributed by atoms with van der Waals surface area (Å²) in [4.78, 5) is 17.8. The molecule has 5 nitrogen and oxygen atoms in total. The zero-order chi connectivity index (χ0) is 14.6. The van der Waals surface area contributed by atoms with E-state index in [2.05, 4.69) is 21.4 Å². The Kier molecular flexibility index (Phi) is 2.80. The molecule has 1 aromatic heterocycles. The lowest BCUT2D eigenvalue weighted by atomic mass is 9.74. The normalized spacial score (nSPS) is 35.5. The number of hydrogen-bond donors (Lipinski definition) is 1. The maximum atomic E-state index is 6.03. The highest BCUT2D eigenvalue weighted by atomic mass is 32.1. The summed E-state index contributed by atoms with van der Waals surface area (Å²) in [7, 11) is 0. The predicted octanol–water partition coefficient (Wildman–Crippen LogP) is 2.72. The number of nitrogens with one attached hydrogen (secondary N) is 1. The quantitative estimate of drug-likeness (QED) is 0.879. The number of nitrogens with zero attached hydrogens (tertiary/aromatic N) is 3. The molecule has 4 aliphatic rings. The van der Waals surface area contributed by atoms with E-state index in [1.807, 2.05) is 18.2 Å². The molecule has 114 valence electrons. The third-order valence-corrected chi connectivity index (χ3v) is 6.11. The molecule has 6 rings (SSSR count). The minimum Gasteiger partial charge on any atom is -0.300 e. The number of fused-ring (bicyclic) bond motifs is 3. The monoisotopic (exact) mass is 314 g/mol. The number of aromatic nitrogens is 1. The molecule has 5 heterocycles. The Morgan fingerprint density at radius 3 is 2.95 bits per heavy atom. The molecule has 4 saturated heterocycles. The van der Waals surface area contributed by atoms with E-state index in [-0.39, 0.29) is 5.60 Å². The van der Waals surface area contributed by atoms with Gasteiger partial charge in [0.1, 0.15) is 11.4 Å². The van der Waals surface area contributed by atoms with Crippen molar-refractivity contribution >= 4 is 32.5 Å². The molecule has 6 heteroatoms. The van der Waals surface area contributed by atoms with Gasteiger partial charge in [-0.05, 0) is 44.0 Å². The van der Waals surface area contributed by atoms with Crippen molar-refractivity contribution in [2.45, 2.75) is 24.9 Å². The highest BCUT2D eigenvalue weighted by molar-refractivity contribution is 7.22. The Bertz CT molecular complexity index is 716. The Morgan fingerprint density at radius 1 is 1.32 bits per heavy atom. The maximum Gasteiger partial charge on any atom is 0.211 e. The van der Waals surface area contributed by atoms with Crippen LogP contribution in [-0.4, -0.2) is 41.0 Å². The molecule has 1 N–H and O–H groups in total. The van der Waals surface area contributed by atoms with Crippen molar-refractivity contribution < 1.29 is 4.84 Å². The average molecular weight is 314 g/mol. The molecule has 1 aromatic carbocycles. The van der Waals surface area contributed by atoms with Gasteiger partial charge in [0.2, 0.25) is 5.13 Å². The summed E-state index contributed by atoms with van der Waals surface area (Å²) in [6.07, 6.45) is 3.37. The van der Waals surface area contributed by atoms with Gasteiger partial charge in [0.05, 0.1) is 10.2 Å². The average Bonchev–Trinajstić information content (AvgIpc) is 3.12. The van der Waals surface area contributed by atoms with Crippen LogP contribution >= 0.6 is 11.3 Å². The number of aliphatic imine (C=N–C) groups is 1. The second kappa shape index (κ2) is 4.75. The summed E-state index contributed by atoms with van der Waals surface area (Å²) in [5.41, 5.74) is 4.04. The third kappa shape index (κ3) is 1.98. The zero-order valence-corrected chi connectivity index (χ0v) is 13.1. The molecule has 4 fully saturated rings. The van der Waals surface area contributed by atoms with Gasteiger partial charge >= 0.3 is 0 Å². The summed E-state index contributed by atoms with van der Waals surface area (Å²) < 4.78 is 1.18. The number of rotatable bonds is 1. The minimum absolute atomic E-state index is 0.0635. The minimum atomic E-state index is -0.0635. The second-order valence-electron chi connectivity index (χ2n) is 6.52. The van der Waals surface area contributed by atoms with Crippen molar-refractivity contribution in [3.05, 3.63) is 24.3 Å². The molecule has 0 saturated carbocycles. The molecule has 1 atom stereocenters. The first-order chi connectivity index (χ1) is 10.8. The summed E-state index contributed by atoms with van der Waals surface area (Å²) in [5.74, 6) is 1.58. The molecule has 22 heavy (non-hydrogen) atoms. The van der Waals surface area contributed by atoms with Gasteiger partial charge in [0.25, 0.3) is 0 Å². The zero-order valence-electron chi connectivity index (χ0n) is 12.3. The molecule has 0 radical (unpaired) electrons. The smallest absolute Gasteiger partial charge is 0.211 e. The van der Waals surface area contributed by atoms with E-state index in [1.54, 1.807) is 11.3 Å². The highest BCUT2D eigenvalue weighted by Gasteiger charge is 2.52. The Balaban J connectivity index is 1.42. The molecule has 1 unspecified atom stereocenters. The van der Waals surface area contributed by atoms with Crippen molar-refractivity contribution in [1.29, 1.82) is 0 Å². The van der Waals surface area contributed by atoms with Crippen LogP contribution < -0.4 is 5.48 Å². The van der Waals surface area contributed by atoms with E-state index in [9.17, 15) is 0 Å². The van der Waals surface area contributed by atoms with Crippen LogP contribution in [0.2, 0.25) is 0 Å². The van der Waals surface area contributed by atoms with Gasteiger partial charge in [-0.25, -0.2) is 9.98 Å². The molecule has 2 aromatic rings. The van der Waals surface area contributed by atoms with Crippen LogP contribution in [0.1, 0.15) is 19.3 Å². The number of piperidine rings is 3. The lowest BCUT2D eigenvalue weighted by Crippen LogP contribution is -2.59. The summed E-state index contributed by atoms with van der Waals surface area (Å²) in [6.45, 7) is 3.48.